The molecule has 2 rings (SSSR count). The van der Waals surface area contributed by atoms with Gasteiger partial charge in [-0.3, -0.25) is 4.79 Å². The Hall–Kier alpha value is -2.76. The number of amides is 1. The monoisotopic (exact) mass is 275 g/mol. The quantitative estimate of drug-likeness (QED) is 0.895. The molecule has 104 valence electrons. The van der Waals surface area contributed by atoms with Gasteiger partial charge in [-0.05, 0) is 30.3 Å². The Morgan fingerprint density at radius 3 is 2.55 bits per heavy atom. The maximum atomic E-state index is 11.2. The Kier molecular flexibility index (Phi) is 3.74. The number of rotatable bonds is 4. The molecule has 0 spiro atoms. The lowest BCUT2D eigenvalue weighted by Gasteiger charge is -2.10. The fourth-order valence-corrected chi connectivity index (χ4v) is 1.76. The van der Waals surface area contributed by atoms with E-state index in [4.69, 9.17) is 14.3 Å². The summed E-state index contributed by atoms with van der Waals surface area (Å²) in [6.07, 6.45) is 0. The van der Waals surface area contributed by atoms with Gasteiger partial charge in [-0.1, -0.05) is 0 Å². The molecular formula is C14H13NO5. The van der Waals surface area contributed by atoms with Gasteiger partial charge in [0.1, 0.15) is 11.5 Å². The van der Waals surface area contributed by atoms with E-state index in [0.29, 0.717) is 22.8 Å². The minimum Gasteiger partial charge on any atom is -0.495 e. The number of aromatic carboxylic acids is 1. The number of methoxy groups -OCH3 is 1. The number of anilines is 1. The predicted octanol–water partition coefficient (Wildman–Crippen LogP) is 2.61. The number of carbonyl (C=O) groups is 2. The van der Waals surface area contributed by atoms with E-state index in [9.17, 15) is 9.59 Å². The Morgan fingerprint density at radius 2 is 2.00 bits per heavy atom. The van der Waals surface area contributed by atoms with Crippen molar-refractivity contribution in [3.63, 3.8) is 0 Å². The van der Waals surface area contributed by atoms with Gasteiger partial charge in [-0.15, -0.1) is 0 Å². The van der Waals surface area contributed by atoms with Crippen LogP contribution in [-0.4, -0.2) is 24.1 Å². The number of ether oxygens (including phenoxy) is 1. The van der Waals surface area contributed by atoms with Gasteiger partial charge in [0, 0.05) is 12.5 Å². The van der Waals surface area contributed by atoms with E-state index in [1.54, 1.807) is 24.3 Å². The molecule has 0 saturated heterocycles. The van der Waals surface area contributed by atoms with Crippen molar-refractivity contribution in [3.05, 3.63) is 36.1 Å². The van der Waals surface area contributed by atoms with Crippen LogP contribution in [0.25, 0.3) is 11.3 Å². The maximum Gasteiger partial charge on any atom is 0.371 e. The fraction of sp³-hybridized carbons (Fsp3) is 0.143. The summed E-state index contributed by atoms with van der Waals surface area (Å²) in [6, 6.07) is 7.98. The van der Waals surface area contributed by atoms with Crippen molar-refractivity contribution in [2.45, 2.75) is 6.92 Å². The second kappa shape index (κ2) is 5.48. The Morgan fingerprint density at radius 1 is 1.25 bits per heavy atom. The van der Waals surface area contributed by atoms with Crippen molar-refractivity contribution < 1.29 is 23.8 Å². The molecule has 0 unspecified atom stereocenters. The molecule has 0 bridgehead atoms. The van der Waals surface area contributed by atoms with Crippen LogP contribution in [0.15, 0.2) is 34.7 Å². The zero-order valence-electron chi connectivity index (χ0n) is 11.0. The fourth-order valence-electron chi connectivity index (χ4n) is 1.76. The number of hydrogen-bond acceptors (Lipinski definition) is 4. The van der Waals surface area contributed by atoms with Crippen LogP contribution in [0.4, 0.5) is 5.69 Å². The first-order chi connectivity index (χ1) is 9.51. The molecule has 0 aliphatic carbocycles. The van der Waals surface area contributed by atoms with Gasteiger partial charge < -0.3 is 19.6 Å². The lowest BCUT2D eigenvalue weighted by atomic mass is 10.1. The molecule has 6 nitrogen and oxygen atoms in total. The number of carboxylic acids is 1. The summed E-state index contributed by atoms with van der Waals surface area (Å²) in [7, 11) is 1.50. The highest BCUT2D eigenvalue weighted by molar-refractivity contribution is 5.91. The molecule has 0 atom stereocenters. The zero-order valence-corrected chi connectivity index (χ0v) is 11.0. The molecule has 0 radical (unpaired) electrons. The highest BCUT2D eigenvalue weighted by atomic mass is 16.5. The molecule has 0 aliphatic heterocycles. The lowest BCUT2D eigenvalue weighted by Crippen LogP contribution is -2.07. The van der Waals surface area contributed by atoms with Crippen LogP contribution in [0.2, 0.25) is 0 Å². The van der Waals surface area contributed by atoms with Crippen LogP contribution in [0.5, 0.6) is 5.75 Å². The third-order valence-electron chi connectivity index (χ3n) is 2.61. The van der Waals surface area contributed by atoms with E-state index in [1.807, 2.05) is 0 Å². The molecule has 1 aromatic carbocycles. The molecule has 1 aromatic heterocycles. The highest BCUT2D eigenvalue weighted by Crippen LogP contribution is 2.31. The Labute approximate surface area is 115 Å². The second-order valence-electron chi connectivity index (χ2n) is 4.07. The van der Waals surface area contributed by atoms with Gasteiger partial charge in [0.15, 0.2) is 0 Å². The number of carboxylic acid groups (broad SMARTS) is 1. The van der Waals surface area contributed by atoms with Gasteiger partial charge >= 0.3 is 5.97 Å². The molecule has 2 N–H and O–H groups in total. The summed E-state index contributed by atoms with van der Waals surface area (Å²) in [5.74, 6) is -0.597. The summed E-state index contributed by atoms with van der Waals surface area (Å²) in [5, 5.41) is 11.5. The van der Waals surface area contributed by atoms with Crippen LogP contribution in [0.1, 0.15) is 17.5 Å². The molecule has 0 aliphatic rings. The maximum absolute atomic E-state index is 11.2. The molecule has 0 saturated carbocycles. The van der Waals surface area contributed by atoms with Crippen molar-refractivity contribution in [1.29, 1.82) is 0 Å². The zero-order chi connectivity index (χ0) is 14.7. The average molecular weight is 275 g/mol. The Balaban J connectivity index is 2.41. The van der Waals surface area contributed by atoms with Crippen LogP contribution in [-0.2, 0) is 4.79 Å². The first-order valence-electron chi connectivity index (χ1n) is 5.80. The van der Waals surface area contributed by atoms with E-state index in [2.05, 4.69) is 5.32 Å². The molecule has 1 amide bonds. The second-order valence-corrected chi connectivity index (χ2v) is 4.07. The van der Waals surface area contributed by atoms with Crippen molar-refractivity contribution >= 4 is 17.6 Å². The first kappa shape index (κ1) is 13.7. The van der Waals surface area contributed by atoms with Gasteiger partial charge in [0.2, 0.25) is 11.7 Å². The van der Waals surface area contributed by atoms with Crippen LogP contribution < -0.4 is 10.1 Å². The SMILES string of the molecule is COc1ccc(-c2ccc(C(=O)O)o2)cc1NC(C)=O. The van der Waals surface area contributed by atoms with Crippen LogP contribution >= 0.6 is 0 Å². The standard InChI is InChI=1S/C14H13NO5/c1-8(16)15-10-7-9(3-4-12(10)19-2)11-5-6-13(20-11)14(17)18/h3-7H,1-2H3,(H,15,16)(H,17,18). The molecule has 20 heavy (non-hydrogen) atoms. The lowest BCUT2D eigenvalue weighted by molar-refractivity contribution is -0.114. The van der Waals surface area contributed by atoms with E-state index in [1.165, 1.54) is 20.1 Å². The number of nitrogens with one attached hydrogen (secondary N) is 1. The minimum absolute atomic E-state index is 0.142. The predicted molar refractivity (Wildman–Crippen MR) is 72.0 cm³/mol. The smallest absolute Gasteiger partial charge is 0.371 e. The van der Waals surface area contributed by atoms with Crippen molar-refractivity contribution in [3.8, 4) is 17.1 Å². The molecular weight excluding hydrogens is 262 g/mol. The van der Waals surface area contributed by atoms with Gasteiger partial charge in [0.05, 0.1) is 12.8 Å². The molecule has 6 heteroatoms. The average Bonchev–Trinajstić information content (AvgIpc) is 2.87. The van der Waals surface area contributed by atoms with Crippen molar-refractivity contribution in [2.24, 2.45) is 0 Å². The van der Waals surface area contributed by atoms with Crippen molar-refractivity contribution in [1.82, 2.24) is 0 Å². The first-order valence-corrected chi connectivity index (χ1v) is 5.80. The number of carbonyl (C=O) groups excluding carboxylic acids is 1. The van der Waals surface area contributed by atoms with E-state index >= 15 is 0 Å². The number of furan rings is 1. The summed E-state index contributed by atoms with van der Waals surface area (Å²) >= 11 is 0. The minimum atomic E-state index is -1.13. The van der Waals surface area contributed by atoms with Crippen molar-refractivity contribution in [2.75, 3.05) is 12.4 Å². The van der Waals surface area contributed by atoms with E-state index < -0.39 is 5.97 Å². The van der Waals surface area contributed by atoms with Gasteiger partial charge in [-0.2, -0.15) is 0 Å². The van der Waals surface area contributed by atoms with Crippen LogP contribution in [0, 0.1) is 0 Å². The van der Waals surface area contributed by atoms with E-state index in [0.717, 1.165) is 0 Å². The number of hydrogen-bond donors (Lipinski definition) is 2. The molecule has 2 aromatic rings. The molecule has 1 heterocycles. The highest BCUT2D eigenvalue weighted by Gasteiger charge is 2.12. The summed E-state index contributed by atoms with van der Waals surface area (Å²) in [4.78, 5) is 21.9. The summed E-state index contributed by atoms with van der Waals surface area (Å²) in [6.45, 7) is 1.39. The topological polar surface area (TPSA) is 88.8 Å². The van der Waals surface area contributed by atoms with Crippen LogP contribution in [0.3, 0.4) is 0 Å². The van der Waals surface area contributed by atoms with Gasteiger partial charge in [-0.25, -0.2) is 4.79 Å². The molecule has 0 fully saturated rings. The largest absolute Gasteiger partial charge is 0.495 e. The van der Waals surface area contributed by atoms with E-state index in [-0.39, 0.29) is 11.7 Å². The van der Waals surface area contributed by atoms with Gasteiger partial charge in [0.25, 0.3) is 0 Å². The normalized spacial score (nSPS) is 10.1. The third-order valence-corrected chi connectivity index (χ3v) is 2.61. The summed E-state index contributed by atoms with van der Waals surface area (Å²) < 4.78 is 10.4. The number of benzene rings is 1. The third kappa shape index (κ3) is 2.80. The summed E-state index contributed by atoms with van der Waals surface area (Å²) in [5.41, 5.74) is 1.13. The Bertz CT molecular complexity index is 659.